The van der Waals surface area contributed by atoms with Crippen LogP contribution in [0.1, 0.15) is 61.5 Å². The van der Waals surface area contributed by atoms with Crippen LogP contribution in [0.3, 0.4) is 0 Å². The van der Waals surface area contributed by atoms with Crippen LogP contribution < -0.4 is 20.3 Å². The number of hydroxylamine groups is 2. The number of nitrogens with one attached hydrogen (secondary N) is 2. The second kappa shape index (κ2) is 17.4. The lowest BCUT2D eigenvalue weighted by molar-refractivity contribution is -0.183. The van der Waals surface area contributed by atoms with Crippen molar-refractivity contribution in [1.29, 1.82) is 0 Å². The van der Waals surface area contributed by atoms with Gasteiger partial charge in [0, 0.05) is 68.9 Å². The number of carbonyl (C=O) groups is 3. The van der Waals surface area contributed by atoms with E-state index in [1.807, 2.05) is 67.5 Å². The van der Waals surface area contributed by atoms with Gasteiger partial charge in [-0.3, -0.25) is 19.2 Å². The molecule has 9 atom stereocenters. The van der Waals surface area contributed by atoms with E-state index >= 15 is 0 Å². The lowest BCUT2D eigenvalue weighted by atomic mass is 9.45. The number of hydrogen-bond donors (Lipinski definition) is 4. The van der Waals surface area contributed by atoms with Gasteiger partial charge in [0.2, 0.25) is 11.8 Å². The summed E-state index contributed by atoms with van der Waals surface area (Å²) < 4.78 is 7.11. The molecule has 3 aromatic carbocycles. The van der Waals surface area contributed by atoms with Gasteiger partial charge in [-0.2, -0.15) is 5.06 Å². The minimum atomic E-state index is -0.931. The van der Waals surface area contributed by atoms with Gasteiger partial charge < -0.3 is 35.4 Å². The summed E-state index contributed by atoms with van der Waals surface area (Å²) in [6.07, 6.45) is 0.608. The normalized spacial score (nSPS) is 25.6. The molecule has 13 nitrogen and oxygen atoms in total. The summed E-state index contributed by atoms with van der Waals surface area (Å²) in [5.41, 5.74) is 4.33. The SMILES string of the molecule is COc1c(CN2O[C@@H](CO)C(C(C)O)[C@H]2C(=O)N[C@H]2C[C@H]3C[C@@H]([C@@H]2C)C3(C)C)cccc1-c1cc(C(=O)N[C@H](Cc2nc3ccccc3s2)C(=O)N(C)C)cc(N(C)C)c1. The fourth-order valence-corrected chi connectivity index (χ4v) is 10.9. The Morgan fingerprint density at radius 3 is 2.45 bits per heavy atom. The van der Waals surface area contributed by atoms with E-state index in [1.165, 1.54) is 22.7 Å². The molecule has 3 amide bonds. The Hall–Kier alpha value is -4.60. The van der Waals surface area contributed by atoms with Crippen LogP contribution in [-0.2, 0) is 27.4 Å². The number of para-hydroxylation sites is 2. The van der Waals surface area contributed by atoms with Gasteiger partial charge in [-0.25, -0.2) is 4.98 Å². The van der Waals surface area contributed by atoms with Gasteiger partial charge >= 0.3 is 0 Å². The van der Waals surface area contributed by atoms with Crippen molar-refractivity contribution in [2.75, 3.05) is 46.8 Å². The van der Waals surface area contributed by atoms with E-state index in [1.54, 1.807) is 45.3 Å². The van der Waals surface area contributed by atoms with Gasteiger partial charge in [-0.05, 0) is 78.8 Å². The molecule has 1 saturated heterocycles. The summed E-state index contributed by atoms with van der Waals surface area (Å²) >= 11 is 1.50. The number of anilines is 1. The molecule has 4 N–H and O–H groups in total. The highest BCUT2D eigenvalue weighted by atomic mass is 32.1. The van der Waals surface area contributed by atoms with Crippen molar-refractivity contribution in [3.8, 4) is 16.9 Å². The predicted octanol–water partition coefficient (Wildman–Crippen LogP) is 5.13. The molecular weight excluding hydrogens is 781 g/mol. The Bertz CT molecular complexity index is 2190. The molecule has 4 fully saturated rings. The maximum Gasteiger partial charge on any atom is 0.252 e. The number of nitrogens with zero attached hydrogens (tertiary/aromatic N) is 4. The number of aliphatic hydroxyl groups is 2. The number of aromatic nitrogens is 1. The lowest BCUT2D eigenvalue weighted by Gasteiger charge is -2.62. The van der Waals surface area contributed by atoms with Gasteiger partial charge in [0.05, 0.1) is 41.6 Å². The summed E-state index contributed by atoms with van der Waals surface area (Å²) in [6.45, 7) is 8.26. The molecular formula is C46H60N6O7S. The number of methoxy groups -OCH3 is 1. The van der Waals surface area contributed by atoms with E-state index in [4.69, 9.17) is 14.6 Å². The molecule has 8 rings (SSSR count). The average molecular weight is 841 g/mol. The van der Waals surface area contributed by atoms with Crippen molar-refractivity contribution in [2.24, 2.45) is 29.1 Å². The number of benzene rings is 3. The molecule has 1 aromatic heterocycles. The Kier molecular flexibility index (Phi) is 12.6. The second-order valence-corrected chi connectivity index (χ2v) is 19.0. The second-order valence-electron chi connectivity index (χ2n) is 17.9. The minimum absolute atomic E-state index is 0.0101. The van der Waals surface area contributed by atoms with Crippen LogP contribution in [0.4, 0.5) is 5.69 Å². The van der Waals surface area contributed by atoms with Crippen molar-refractivity contribution in [3.05, 3.63) is 76.8 Å². The number of fused-ring (bicyclic) bond motifs is 3. The van der Waals surface area contributed by atoms with Crippen molar-refractivity contribution < 1.29 is 34.2 Å². The van der Waals surface area contributed by atoms with E-state index < -0.39 is 36.1 Å². The van der Waals surface area contributed by atoms with E-state index in [0.29, 0.717) is 45.8 Å². The van der Waals surface area contributed by atoms with Crippen molar-refractivity contribution in [2.45, 2.75) is 83.8 Å². The molecule has 0 radical (unpaired) electrons. The third-order valence-corrected chi connectivity index (χ3v) is 14.5. The molecule has 60 heavy (non-hydrogen) atoms. The molecule has 4 aliphatic rings. The topological polar surface area (TPSA) is 157 Å². The van der Waals surface area contributed by atoms with Crippen molar-refractivity contribution >= 4 is 45.0 Å². The van der Waals surface area contributed by atoms with Crippen LogP contribution in [0.25, 0.3) is 21.3 Å². The number of hydrogen-bond acceptors (Lipinski definition) is 11. The first-order valence-corrected chi connectivity index (χ1v) is 21.7. The third kappa shape index (κ3) is 8.36. The number of thiazole rings is 1. The highest BCUT2D eigenvalue weighted by Crippen LogP contribution is 2.61. The minimum Gasteiger partial charge on any atom is -0.496 e. The van der Waals surface area contributed by atoms with Gasteiger partial charge in [-0.1, -0.05) is 51.1 Å². The van der Waals surface area contributed by atoms with Crippen LogP contribution >= 0.6 is 11.3 Å². The summed E-state index contributed by atoms with van der Waals surface area (Å²) in [4.78, 5) is 56.4. The zero-order chi connectivity index (χ0) is 43.2. The standard InChI is InChI=1S/C46H60N6O7S/c1-25-33-20-30(46(33,3)4)21-35(25)48-44(56)41-40(26(2)54)37(24-53)59-52(41)23-27-13-12-14-32(42(27)58-9)28-17-29(19-31(18-28)50(5)6)43(55)49-36(45(57)51(7)8)22-39-47-34-15-10-11-16-38(34)60-39/h10-19,25-26,30,33,35-37,40-41,53-54H,20-24H2,1-9H3,(H,48,56)(H,49,55)/t25-,26?,30+,33-,35-,36+,37-,40?,41-/m0/s1. The number of amides is 3. The molecule has 0 spiro atoms. The van der Waals surface area contributed by atoms with Gasteiger partial charge in [-0.15, -0.1) is 11.3 Å². The molecule has 2 unspecified atom stereocenters. The Morgan fingerprint density at radius 1 is 1.07 bits per heavy atom. The zero-order valence-corrected chi connectivity index (χ0v) is 37.0. The first-order valence-electron chi connectivity index (χ1n) is 20.9. The molecule has 1 aliphatic heterocycles. The van der Waals surface area contributed by atoms with Crippen LogP contribution in [0.15, 0.2) is 60.7 Å². The Labute approximate surface area is 357 Å². The third-order valence-electron chi connectivity index (χ3n) is 13.5. The number of carbonyl (C=O) groups excluding carboxylic acids is 3. The Balaban J connectivity index is 1.17. The highest BCUT2D eigenvalue weighted by molar-refractivity contribution is 7.18. The summed E-state index contributed by atoms with van der Waals surface area (Å²) in [5, 5.41) is 30.1. The predicted molar refractivity (Wildman–Crippen MR) is 234 cm³/mol. The maximum atomic E-state index is 14.3. The zero-order valence-electron chi connectivity index (χ0n) is 36.1. The van der Waals surface area contributed by atoms with E-state index in [2.05, 4.69) is 31.4 Å². The van der Waals surface area contributed by atoms with Crippen LogP contribution in [-0.4, -0.2) is 115 Å². The van der Waals surface area contributed by atoms with Gasteiger partial charge in [0.1, 0.15) is 23.9 Å². The monoisotopic (exact) mass is 840 g/mol. The molecule has 2 bridgehead atoms. The largest absolute Gasteiger partial charge is 0.496 e. The van der Waals surface area contributed by atoms with Crippen LogP contribution in [0.2, 0.25) is 0 Å². The summed E-state index contributed by atoms with van der Waals surface area (Å²) in [7, 11) is 8.70. The van der Waals surface area contributed by atoms with Gasteiger partial charge in [0.15, 0.2) is 0 Å². The van der Waals surface area contributed by atoms with E-state index in [-0.39, 0.29) is 42.8 Å². The molecule has 3 aliphatic carbocycles. The summed E-state index contributed by atoms with van der Waals surface area (Å²) in [5.74, 6) is 0.345. The average Bonchev–Trinajstić information content (AvgIpc) is 3.81. The van der Waals surface area contributed by atoms with Gasteiger partial charge in [0.25, 0.3) is 5.91 Å². The van der Waals surface area contributed by atoms with Crippen molar-refractivity contribution in [3.63, 3.8) is 0 Å². The molecule has 4 aromatic rings. The smallest absolute Gasteiger partial charge is 0.252 e. The maximum absolute atomic E-state index is 14.3. The number of ether oxygens (including phenoxy) is 1. The molecule has 14 heteroatoms. The number of likely N-dealkylation sites (N-methyl/N-ethyl adjacent to an activating group) is 1. The molecule has 3 saturated carbocycles. The van der Waals surface area contributed by atoms with E-state index in [0.717, 1.165) is 27.3 Å². The van der Waals surface area contributed by atoms with Crippen molar-refractivity contribution in [1.82, 2.24) is 25.6 Å². The quantitative estimate of drug-likeness (QED) is 0.134. The number of aliphatic hydroxyl groups excluding tert-OH is 2. The number of rotatable bonds is 14. The fourth-order valence-electron chi connectivity index (χ4n) is 9.92. The highest BCUT2D eigenvalue weighted by Gasteiger charge is 2.57. The van der Waals surface area contributed by atoms with E-state index in [9.17, 15) is 24.6 Å². The molecule has 2 heterocycles. The first kappa shape index (κ1) is 43.5. The lowest BCUT2D eigenvalue weighted by Crippen LogP contribution is -2.62. The summed E-state index contributed by atoms with van der Waals surface area (Å²) in [6, 6.07) is 17.3. The molecule has 322 valence electrons. The first-order chi connectivity index (χ1) is 28.5. The van der Waals surface area contributed by atoms with Crippen LogP contribution in [0.5, 0.6) is 5.75 Å². The Morgan fingerprint density at radius 2 is 1.82 bits per heavy atom. The fraction of sp³-hybridized carbons (Fsp3) is 0.522. The van der Waals surface area contributed by atoms with Crippen LogP contribution in [0, 0.1) is 29.1 Å².